The van der Waals surface area contributed by atoms with E-state index in [1.165, 1.54) is 10.8 Å². The molecule has 0 aromatic heterocycles. The van der Waals surface area contributed by atoms with Crippen molar-refractivity contribution in [3.63, 3.8) is 0 Å². The van der Waals surface area contributed by atoms with E-state index in [1.807, 2.05) is 30.3 Å². The van der Waals surface area contributed by atoms with Crippen LogP contribution >= 0.6 is 25.5 Å². The molecule has 0 radical (unpaired) electrons. The number of hydrogen-bond donors (Lipinski definition) is 0. The number of hydrogen-bond acceptors (Lipinski definition) is 0. The van der Waals surface area contributed by atoms with Gasteiger partial charge >= 0.3 is 43.7 Å². The average Bonchev–Trinajstić information content (AvgIpc) is 2.89. The van der Waals surface area contributed by atoms with Crippen molar-refractivity contribution >= 4 is 36.3 Å². The van der Waals surface area contributed by atoms with Gasteiger partial charge in [-0.2, -0.15) is 53.9 Å². The van der Waals surface area contributed by atoms with Crippen LogP contribution in [-0.2, 0) is 18.2 Å². The Balaban J connectivity index is 0.000000158. The number of fused-ring (bicyclic) bond motifs is 1. The fourth-order valence-corrected chi connectivity index (χ4v) is 1.41. The van der Waals surface area contributed by atoms with Crippen LogP contribution in [0.5, 0.6) is 0 Å². The second kappa shape index (κ2) is 10.6. The maximum atomic E-state index is 5.00. The van der Waals surface area contributed by atoms with Gasteiger partial charge in [0.2, 0.25) is 0 Å². The first-order chi connectivity index (χ1) is 9.20. The number of benzene rings is 2. The van der Waals surface area contributed by atoms with E-state index in [-0.39, 0.29) is 0 Å². The maximum Gasteiger partial charge on any atom is -0.0809 e. The molecule has 0 N–H and O–H groups in total. The van der Waals surface area contributed by atoms with Gasteiger partial charge in [0.15, 0.2) is 0 Å². The van der Waals surface area contributed by atoms with E-state index in [2.05, 4.69) is 48.5 Å². The minimum Gasteiger partial charge on any atom is -0.184 e. The van der Waals surface area contributed by atoms with E-state index in [4.69, 9.17) is 25.5 Å². The summed E-state index contributed by atoms with van der Waals surface area (Å²) in [5.41, 5.74) is 0. The van der Waals surface area contributed by atoms with Crippen molar-refractivity contribution in [1.29, 1.82) is 0 Å². The molecule has 0 amide bonds. The molecule has 0 aliphatic carbocycles. The molecule has 3 rings (SSSR count). The molecule has 99 valence electrons. The molecule has 0 saturated carbocycles. The molecule has 0 heterocycles. The van der Waals surface area contributed by atoms with Gasteiger partial charge in [0.25, 0.3) is 0 Å². The maximum absolute atomic E-state index is 5.00. The van der Waals surface area contributed by atoms with Crippen molar-refractivity contribution in [1.82, 2.24) is 0 Å². The van der Waals surface area contributed by atoms with Gasteiger partial charge in [0, 0.05) is 0 Å². The summed E-state index contributed by atoms with van der Waals surface area (Å²) in [5, 5.41) is 2.66. The van der Waals surface area contributed by atoms with Gasteiger partial charge in [-0.05, 0) is 0 Å². The smallest absolute Gasteiger partial charge is 0.0809 e. The van der Waals surface area contributed by atoms with Gasteiger partial charge in [-0.3, -0.25) is 0 Å². The predicted molar refractivity (Wildman–Crippen MR) is 82.4 cm³/mol. The number of rotatable bonds is 0. The summed E-state index contributed by atoms with van der Waals surface area (Å²) in [6.07, 6.45) is 0. The zero-order chi connectivity index (χ0) is 13.9. The van der Waals surface area contributed by atoms with Crippen LogP contribution in [-0.4, -0.2) is 0 Å². The van der Waals surface area contributed by atoms with Crippen LogP contribution in [0.4, 0.5) is 0 Å². The van der Waals surface area contributed by atoms with Crippen LogP contribution in [0.15, 0.2) is 72.8 Å². The minimum atomic E-state index is -2.13. The predicted octanol–water partition coefficient (Wildman–Crippen LogP) is 6.11. The molecule has 0 fully saturated rings. The average molecular weight is 390 g/mol. The minimum absolute atomic E-state index is 1.33. The van der Waals surface area contributed by atoms with Crippen LogP contribution in [0.1, 0.15) is 0 Å². The first kappa shape index (κ1) is 16.9. The number of halogens is 3. The molecule has 0 nitrogen and oxygen atoms in total. The molecule has 0 spiro atoms. The van der Waals surface area contributed by atoms with E-state index in [1.54, 1.807) is 0 Å². The van der Waals surface area contributed by atoms with E-state index >= 15 is 0 Å². The van der Waals surface area contributed by atoms with Gasteiger partial charge in [0.1, 0.15) is 0 Å². The summed E-state index contributed by atoms with van der Waals surface area (Å²) < 4.78 is 0. The summed E-state index contributed by atoms with van der Waals surface area (Å²) in [6, 6.07) is 27.2. The normalized spacial score (nSPS) is 8.79. The van der Waals surface area contributed by atoms with Crippen molar-refractivity contribution in [3.05, 3.63) is 78.9 Å². The molecule has 0 saturated heterocycles. The molecule has 3 aromatic rings. The Morgan fingerprint density at radius 2 is 1.47 bits per heavy atom. The monoisotopic (exact) mass is 387 g/mol. The van der Waals surface area contributed by atoms with E-state index in [0.29, 0.717) is 0 Å². The molecule has 19 heavy (non-hydrogen) atoms. The summed E-state index contributed by atoms with van der Waals surface area (Å²) in [5.74, 6) is 0. The van der Waals surface area contributed by atoms with Gasteiger partial charge < -0.3 is 0 Å². The third-order valence-corrected chi connectivity index (χ3v) is 2.15. The molecule has 0 aliphatic rings. The first-order valence-electron chi connectivity index (χ1n) is 5.55. The third kappa shape index (κ3) is 8.55. The zero-order valence-corrected chi connectivity index (χ0v) is 14.8. The van der Waals surface area contributed by atoms with Gasteiger partial charge in [-0.15, -0.1) is 29.7 Å². The van der Waals surface area contributed by atoms with Gasteiger partial charge in [-0.1, -0.05) is 6.07 Å². The van der Waals surface area contributed by atoms with Crippen LogP contribution in [0.3, 0.4) is 0 Å². The molecule has 0 aliphatic heterocycles. The van der Waals surface area contributed by atoms with E-state index < -0.39 is 18.2 Å². The van der Waals surface area contributed by atoms with Gasteiger partial charge in [-0.25, -0.2) is 0 Å². The quantitative estimate of drug-likeness (QED) is 0.407. The van der Waals surface area contributed by atoms with Crippen LogP contribution < -0.4 is 0 Å². The Labute approximate surface area is 132 Å². The van der Waals surface area contributed by atoms with Crippen molar-refractivity contribution in [2.45, 2.75) is 0 Å². The standard InChI is InChI=1S/C9H7.C6H5.3ClH.Zr/c1-2-5-9-7-3-6-8(9)4-1;1-2-4-6-5-3-1;;;;/h1-7H;1-5H;3*1H;/q2*-1;;;;+3/p-3. The zero-order valence-electron chi connectivity index (χ0n) is 10.1. The van der Waals surface area contributed by atoms with Crippen LogP contribution in [0, 0.1) is 6.07 Å². The Bertz CT molecular complexity index is 490. The molecule has 3 aromatic carbocycles. The second-order valence-electron chi connectivity index (χ2n) is 3.45. The summed E-state index contributed by atoms with van der Waals surface area (Å²) in [4.78, 5) is 0. The Morgan fingerprint density at radius 1 is 0.842 bits per heavy atom. The topological polar surface area (TPSA) is 0 Å². The fraction of sp³-hybridized carbons (Fsp3) is 0. The molecule has 0 bridgehead atoms. The van der Waals surface area contributed by atoms with Crippen molar-refractivity contribution in [2.75, 3.05) is 0 Å². The van der Waals surface area contributed by atoms with Crippen molar-refractivity contribution in [2.24, 2.45) is 0 Å². The van der Waals surface area contributed by atoms with Crippen LogP contribution in [0.2, 0.25) is 0 Å². The van der Waals surface area contributed by atoms with Crippen molar-refractivity contribution < 1.29 is 18.2 Å². The van der Waals surface area contributed by atoms with Crippen LogP contribution in [0.25, 0.3) is 10.8 Å². The Hall–Kier alpha value is -0.197. The summed E-state index contributed by atoms with van der Waals surface area (Å²) >= 11 is -2.13. The van der Waals surface area contributed by atoms with E-state index in [9.17, 15) is 0 Å². The molecular weight excluding hydrogens is 378 g/mol. The molecule has 4 heteroatoms. The second-order valence-corrected chi connectivity index (χ2v) is 14.6. The van der Waals surface area contributed by atoms with Crippen molar-refractivity contribution in [3.8, 4) is 0 Å². The third-order valence-electron chi connectivity index (χ3n) is 2.15. The summed E-state index contributed by atoms with van der Waals surface area (Å²) in [7, 11) is 15.0. The molecule has 0 unspecified atom stereocenters. The Morgan fingerprint density at radius 3 is 1.95 bits per heavy atom. The fourth-order valence-electron chi connectivity index (χ4n) is 1.41. The summed E-state index contributed by atoms with van der Waals surface area (Å²) in [6.45, 7) is 0. The first-order valence-corrected chi connectivity index (χ1v) is 15.0. The Kier molecular flexibility index (Phi) is 9.38. The molecule has 0 atom stereocenters. The van der Waals surface area contributed by atoms with E-state index in [0.717, 1.165) is 0 Å². The molecular formula is C15H12Cl3Zr-2. The largest absolute Gasteiger partial charge is 0.184 e. The van der Waals surface area contributed by atoms with Gasteiger partial charge in [0.05, 0.1) is 0 Å². The SMILES string of the molecule is [Cl][Zr]([Cl])[Cl].[c-]1ccccc1.c1ccc2[cH-]ccc2c1.